The van der Waals surface area contributed by atoms with Gasteiger partial charge in [-0.25, -0.2) is 0 Å². The zero-order chi connectivity index (χ0) is 14.1. The Morgan fingerprint density at radius 1 is 1.20 bits per heavy atom. The molecule has 20 heavy (non-hydrogen) atoms. The number of nitrogens with one attached hydrogen (secondary N) is 1. The second kappa shape index (κ2) is 5.47. The van der Waals surface area contributed by atoms with Gasteiger partial charge < -0.3 is 5.32 Å². The van der Waals surface area contributed by atoms with Crippen LogP contribution in [-0.2, 0) is 17.6 Å². The van der Waals surface area contributed by atoms with Gasteiger partial charge in [0.2, 0.25) is 5.91 Å². The van der Waals surface area contributed by atoms with Crippen molar-refractivity contribution in [3.63, 3.8) is 0 Å². The van der Waals surface area contributed by atoms with Gasteiger partial charge in [0.15, 0.2) is 0 Å². The van der Waals surface area contributed by atoms with Crippen LogP contribution in [-0.4, -0.2) is 5.91 Å². The van der Waals surface area contributed by atoms with E-state index in [1.807, 2.05) is 36.4 Å². The van der Waals surface area contributed by atoms with Crippen LogP contribution in [0.4, 0.5) is 5.69 Å². The summed E-state index contributed by atoms with van der Waals surface area (Å²) < 4.78 is 0. The Hall–Kier alpha value is -1.51. The van der Waals surface area contributed by atoms with E-state index in [9.17, 15) is 4.79 Å². The van der Waals surface area contributed by atoms with Crippen LogP contribution in [0.25, 0.3) is 0 Å². The van der Waals surface area contributed by atoms with Gasteiger partial charge in [-0.3, -0.25) is 4.79 Å². The lowest BCUT2D eigenvalue weighted by atomic mass is 10.0. The summed E-state index contributed by atoms with van der Waals surface area (Å²) in [5.74, 6) is 0.00222. The number of carbonyl (C=O) groups is 1. The van der Waals surface area contributed by atoms with Crippen molar-refractivity contribution in [1.29, 1.82) is 0 Å². The first-order chi connectivity index (χ1) is 9.63. The summed E-state index contributed by atoms with van der Waals surface area (Å²) in [4.78, 5) is 11.4. The van der Waals surface area contributed by atoms with Crippen LogP contribution < -0.4 is 5.32 Å². The van der Waals surface area contributed by atoms with Gasteiger partial charge in [0.25, 0.3) is 0 Å². The number of rotatable bonds is 3. The highest BCUT2D eigenvalue weighted by molar-refractivity contribution is 6.33. The van der Waals surface area contributed by atoms with E-state index in [1.54, 1.807) is 6.07 Å². The number of halogens is 2. The third-order valence-electron chi connectivity index (χ3n) is 3.44. The highest BCUT2D eigenvalue weighted by Gasteiger charge is 2.22. The molecule has 4 heteroatoms. The van der Waals surface area contributed by atoms with Crippen molar-refractivity contribution in [3.05, 3.63) is 64.2 Å². The maximum atomic E-state index is 11.4. The number of amides is 1. The van der Waals surface area contributed by atoms with Crippen LogP contribution in [0.1, 0.15) is 22.1 Å². The molecule has 1 N–H and O–H groups in total. The van der Waals surface area contributed by atoms with E-state index in [4.69, 9.17) is 23.2 Å². The fourth-order valence-electron chi connectivity index (χ4n) is 2.44. The normalized spacial score (nSPS) is 14.8. The van der Waals surface area contributed by atoms with Crippen molar-refractivity contribution in [1.82, 2.24) is 0 Å². The maximum Gasteiger partial charge on any atom is 0.228 e. The zero-order valence-corrected chi connectivity index (χ0v) is 12.2. The van der Waals surface area contributed by atoms with Crippen LogP contribution in [0.15, 0.2) is 42.5 Å². The van der Waals surface area contributed by atoms with E-state index in [0.717, 1.165) is 16.8 Å². The highest BCUT2D eigenvalue weighted by Crippen LogP contribution is 2.36. The standard InChI is InChI=1S/C16H13Cl2NO/c17-13(6-10-4-2-1-3-5-10)12-7-11-8-16(20)19-15(11)9-14(12)18/h1-5,7,9,13H,6,8H2,(H,19,20). The third-order valence-corrected chi connectivity index (χ3v) is 4.16. The van der Waals surface area contributed by atoms with Crippen molar-refractivity contribution >= 4 is 34.8 Å². The van der Waals surface area contributed by atoms with E-state index in [1.165, 1.54) is 5.56 Å². The number of alkyl halides is 1. The molecule has 2 aromatic rings. The quantitative estimate of drug-likeness (QED) is 0.839. The summed E-state index contributed by atoms with van der Waals surface area (Å²) in [5, 5.41) is 3.18. The molecule has 0 saturated heterocycles. The van der Waals surface area contributed by atoms with Gasteiger partial charge in [0.1, 0.15) is 0 Å². The number of anilines is 1. The molecule has 3 rings (SSSR count). The van der Waals surface area contributed by atoms with Gasteiger partial charge in [0.05, 0.1) is 11.8 Å². The van der Waals surface area contributed by atoms with Gasteiger partial charge in [-0.05, 0) is 29.2 Å². The third kappa shape index (κ3) is 2.67. The largest absolute Gasteiger partial charge is 0.325 e. The molecule has 2 nitrogen and oxygen atoms in total. The Bertz CT molecular complexity index is 655. The molecule has 1 atom stereocenters. The molecule has 0 aromatic heterocycles. The van der Waals surface area contributed by atoms with Gasteiger partial charge in [-0.15, -0.1) is 11.6 Å². The van der Waals surface area contributed by atoms with E-state index < -0.39 is 0 Å². The second-order valence-electron chi connectivity index (χ2n) is 4.91. The van der Waals surface area contributed by atoms with Crippen molar-refractivity contribution < 1.29 is 4.79 Å². The SMILES string of the molecule is O=C1Cc2cc(C(Cl)Cc3ccccc3)c(Cl)cc2N1. The maximum absolute atomic E-state index is 11.4. The molecule has 0 spiro atoms. The Balaban J connectivity index is 1.87. The first-order valence-electron chi connectivity index (χ1n) is 6.43. The molecule has 0 fully saturated rings. The number of carbonyl (C=O) groups excluding carboxylic acids is 1. The molecule has 1 unspecified atom stereocenters. The molecule has 0 saturated carbocycles. The van der Waals surface area contributed by atoms with Crippen LogP contribution in [0.2, 0.25) is 5.02 Å². The number of benzene rings is 2. The number of hydrogen-bond acceptors (Lipinski definition) is 1. The van der Waals surface area contributed by atoms with Crippen molar-refractivity contribution in [2.24, 2.45) is 0 Å². The molecule has 1 amide bonds. The lowest BCUT2D eigenvalue weighted by Gasteiger charge is -2.13. The fraction of sp³-hybridized carbons (Fsp3) is 0.188. The second-order valence-corrected chi connectivity index (χ2v) is 5.85. The first kappa shape index (κ1) is 13.5. The minimum absolute atomic E-state index is 0.00222. The van der Waals surface area contributed by atoms with E-state index in [-0.39, 0.29) is 11.3 Å². The summed E-state index contributed by atoms with van der Waals surface area (Å²) in [5.41, 5.74) is 3.81. The minimum Gasteiger partial charge on any atom is -0.325 e. The van der Waals surface area contributed by atoms with Gasteiger partial charge in [-0.2, -0.15) is 0 Å². The summed E-state index contributed by atoms with van der Waals surface area (Å²) in [6.45, 7) is 0. The zero-order valence-electron chi connectivity index (χ0n) is 10.7. The molecule has 102 valence electrons. The van der Waals surface area contributed by atoms with Crippen LogP contribution in [0, 0.1) is 0 Å². The lowest BCUT2D eigenvalue weighted by Crippen LogP contribution is -2.03. The van der Waals surface area contributed by atoms with Crippen molar-refractivity contribution in [2.45, 2.75) is 18.2 Å². The highest BCUT2D eigenvalue weighted by atomic mass is 35.5. The van der Waals surface area contributed by atoms with E-state index in [0.29, 0.717) is 17.9 Å². The topological polar surface area (TPSA) is 29.1 Å². The molecule has 1 aliphatic heterocycles. The molecule has 1 aliphatic rings. The number of fused-ring (bicyclic) bond motifs is 1. The lowest BCUT2D eigenvalue weighted by molar-refractivity contribution is -0.115. The molecular formula is C16H13Cl2NO. The molecule has 2 aromatic carbocycles. The fourth-order valence-corrected chi connectivity index (χ4v) is 3.15. The van der Waals surface area contributed by atoms with Crippen LogP contribution in [0.3, 0.4) is 0 Å². The van der Waals surface area contributed by atoms with Crippen LogP contribution in [0.5, 0.6) is 0 Å². The van der Waals surface area contributed by atoms with E-state index >= 15 is 0 Å². The molecule has 1 heterocycles. The first-order valence-corrected chi connectivity index (χ1v) is 7.25. The summed E-state index contributed by atoms with van der Waals surface area (Å²) in [6, 6.07) is 13.8. The Morgan fingerprint density at radius 2 is 1.95 bits per heavy atom. The smallest absolute Gasteiger partial charge is 0.228 e. The molecule has 0 radical (unpaired) electrons. The number of hydrogen-bond donors (Lipinski definition) is 1. The summed E-state index contributed by atoms with van der Waals surface area (Å²) >= 11 is 12.8. The Labute approximate surface area is 127 Å². The minimum atomic E-state index is -0.203. The van der Waals surface area contributed by atoms with E-state index in [2.05, 4.69) is 5.32 Å². The van der Waals surface area contributed by atoms with Crippen molar-refractivity contribution in [2.75, 3.05) is 5.32 Å². The predicted molar refractivity (Wildman–Crippen MR) is 82.5 cm³/mol. The summed E-state index contributed by atoms with van der Waals surface area (Å²) in [6.07, 6.45) is 1.11. The van der Waals surface area contributed by atoms with Crippen LogP contribution >= 0.6 is 23.2 Å². The average Bonchev–Trinajstić information content (AvgIpc) is 2.78. The van der Waals surface area contributed by atoms with Gasteiger partial charge >= 0.3 is 0 Å². The van der Waals surface area contributed by atoms with Crippen molar-refractivity contribution in [3.8, 4) is 0 Å². The average molecular weight is 306 g/mol. The monoisotopic (exact) mass is 305 g/mol. The molecular weight excluding hydrogens is 293 g/mol. The molecule has 0 aliphatic carbocycles. The Kier molecular flexibility index (Phi) is 3.68. The van der Waals surface area contributed by atoms with Gasteiger partial charge in [-0.1, -0.05) is 48.0 Å². The van der Waals surface area contributed by atoms with Gasteiger partial charge in [0, 0.05) is 10.7 Å². The molecule has 0 bridgehead atoms. The summed E-state index contributed by atoms with van der Waals surface area (Å²) in [7, 11) is 0. The predicted octanol–water partition coefficient (Wildman–Crippen LogP) is 4.36. The Morgan fingerprint density at radius 3 is 2.70 bits per heavy atom.